The molecule has 0 N–H and O–H groups in total. The molecule has 0 fully saturated rings. The van der Waals surface area contributed by atoms with Gasteiger partial charge in [-0.25, -0.2) is 9.59 Å². The third kappa shape index (κ3) is 4.59. The molecule has 0 aromatic heterocycles. The summed E-state index contributed by atoms with van der Waals surface area (Å²) in [6.45, 7) is 6.58. The first kappa shape index (κ1) is 12.6. The Balaban J connectivity index is 4.09. The number of carbonyl (C=O) groups excluding carboxylic acids is 2. The van der Waals surface area contributed by atoms with Crippen molar-refractivity contribution in [1.82, 2.24) is 0 Å². The fourth-order valence-electron chi connectivity index (χ4n) is 0.739. The Bertz CT molecular complexity index is 237. The van der Waals surface area contributed by atoms with E-state index in [2.05, 4.69) is 11.5 Å². The van der Waals surface area contributed by atoms with Gasteiger partial charge in [0.1, 0.15) is 6.10 Å². The standard InChI is InChI=1S/C9H13FO4/c1-4-7(5-8(11)14-10)13-9(12)6(2)3/h7H,2,4-5H2,1,3H3. The molecule has 0 aliphatic rings. The molecule has 80 valence electrons. The number of hydrogen-bond acceptors (Lipinski definition) is 4. The van der Waals surface area contributed by atoms with Crippen LogP contribution in [0.15, 0.2) is 12.2 Å². The molecule has 0 saturated carbocycles. The van der Waals surface area contributed by atoms with E-state index in [-0.39, 0.29) is 12.0 Å². The minimum Gasteiger partial charge on any atom is -0.458 e. The van der Waals surface area contributed by atoms with Crippen molar-refractivity contribution in [3.8, 4) is 0 Å². The molecular formula is C9H13FO4. The van der Waals surface area contributed by atoms with Gasteiger partial charge in [-0.15, -0.1) is 0 Å². The van der Waals surface area contributed by atoms with Gasteiger partial charge >= 0.3 is 11.9 Å². The van der Waals surface area contributed by atoms with Crippen molar-refractivity contribution in [2.24, 2.45) is 0 Å². The highest BCUT2D eigenvalue weighted by Crippen LogP contribution is 2.08. The third-order valence-electron chi connectivity index (χ3n) is 1.56. The van der Waals surface area contributed by atoms with Crippen molar-refractivity contribution in [1.29, 1.82) is 0 Å². The maximum atomic E-state index is 11.4. The number of carbonyl (C=O) groups is 2. The van der Waals surface area contributed by atoms with Crippen molar-refractivity contribution in [3.63, 3.8) is 0 Å². The minimum atomic E-state index is -1.05. The van der Waals surface area contributed by atoms with Gasteiger partial charge in [-0.2, -0.15) is 0 Å². The zero-order valence-corrected chi connectivity index (χ0v) is 8.21. The number of ether oxygens (including phenoxy) is 1. The quantitative estimate of drug-likeness (QED) is 0.505. The molecule has 0 rings (SSSR count). The summed E-state index contributed by atoms with van der Waals surface area (Å²) in [5, 5.41) is 0. The first-order chi connectivity index (χ1) is 6.51. The molecule has 14 heavy (non-hydrogen) atoms. The second kappa shape index (κ2) is 6.12. The SMILES string of the molecule is C=C(C)C(=O)OC(CC)CC(=O)OF. The Kier molecular flexibility index (Phi) is 5.52. The van der Waals surface area contributed by atoms with Crippen LogP contribution >= 0.6 is 0 Å². The van der Waals surface area contributed by atoms with Crippen LogP contribution in [0.1, 0.15) is 26.7 Å². The third-order valence-corrected chi connectivity index (χ3v) is 1.56. The van der Waals surface area contributed by atoms with Gasteiger partial charge in [0.15, 0.2) is 0 Å². The van der Waals surface area contributed by atoms with Crippen LogP contribution in [0.3, 0.4) is 0 Å². The highest BCUT2D eigenvalue weighted by atomic mass is 19.3. The van der Waals surface area contributed by atoms with Crippen LogP contribution < -0.4 is 0 Å². The highest BCUT2D eigenvalue weighted by molar-refractivity contribution is 5.87. The Morgan fingerprint density at radius 2 is 2.07 bits per heavy atom. The molecule has 0 bridgehead atoms. The van der Waals surface area contributed by atoms with E-state index in [9.17, 15) is 14.1 Å². The molecule has 4 nitrogen and oxygen atoms in total. The molecule has 0 amide bonds. The van der Waals surface area contributed by atoms with Gasteiger partial charge in [0.25, 0.3) is 0 Å². The van der Waals surface area contributed by atoms with E-state index in [1.54, 1.807) is 6.92 Å². The van der Waals surface area contributed by atoms with Crippen molar-refractivity contribution in [2.75, 3.05) is 0 Å². The van der Waals surface area contributed by atoms with Gasteiger partial charge < -0.3 is 4.74 Å². The van der Waals surface area contributed by atoms with Crippen LogP contribution in [-0.2, 0) is 19.3 Å². The summed E-state index contributed by atoms with van der Waals surface area (Å²) < 4.78 is 16.2. The molecule has 0 radical (unpaired) electrons. The first-order valence-electron chi connectivity index (χ1n) is 4.19. The van der Waals surface area contributed by atoms with Crippen molar-refractivity contribution >= 4 is 11.9 Å². The number of hydrogen-bond donors (Lipinski definition) is 0. The van der Waals surface area contributed by atoms with Gasteiger partial charge in [0, 0.05) is 10.1 Å². The fraction of sp³-hybridized carbons (Fsp3) is 0.556. The van der Waals surface area contributed by atoms with E-state index in [1.807, 2.05) is 0 Å². The summed E-state index contributed by atoms with van der Waals surface area (Å²) >= 11 is 0. The van der Waals surface area contributed by atoms with E-state index >= 15 is 0 Å². The topological polar surface area (TPSA) is 52.6 Å². The van der Waals surface area contributed by atoms with Crippen LogP contribution in [0.2, 0.25) is 0 Å². The van der Waals surface area contributed by atoms with E-state index in [0.717, 1.165) is 0 Å². The van der Waals surface area contributed by atoms with Crippen LogP contribution in [0.5, 0.6) is 0 Å². The second-order valence-electron chi connectivity index (χ2n) is 2.87. The van der Waals surface area contributed by atoms with E-state index < -0.39 is 18.0 Å². The average Bonchev–Trinajstić information content (AvgIpc) is 2.16. The lowest BCUT2D eigenvalue weighted by Gasteiger charge is -2.13. The molecule has 5 heteroatoms. The molecule has 1 unspecified atom stereocenters. The molecule has 0 saturated heterocycles. The van der Waals surface area contributed by atoms with Crippen LogP contribution in [-0.4, -0.2) is 18.0 Å². The van der Waals surface area contributed by atoms with Crippen molar-refractivity contribution in [2.45, 2.75) is 32.8 Å². The summed E-state index contributed by atoms with van der Waals surface area (Å²) in [7, 11) is 0. The lowest BCUT2D eigenvalue weighted by atomic mass is 10.2. The maximum Gasteiger partial charge on any atom is 0.352 e. The van der Waals surface area contributed by atoms with Gasteiger partial charge in [0.05, 0.1) is 6.42 Å². The first-order valence-corrected chi connectivity index (χ1v) is 4.19. The van der Waals surface area contributed by atoms with Crippen LogP contribution in [0, 0.1) is 0 Å². The monoisotopic (exact) mass is 204 g/mol. The van der Waals surface area contributed by atoms with Crippen LogP contribution in [0.25, 0.3) is 0 Å². The summed E-state index contributed by atoms with van der Waals surface area (Å²) in [4.78, 5) is 24.5. The van der Waals surface area contributed by atoms with Crippen molar-refractivity contribution < 1.29 is 23.8 Å². The lowest BCUT2D eigenvalue weighted by molar-refractivity contribution is -0.187. The van der Waals surface area contributed by atoms with E-state index in [0.29, 0.717) is 6.42 Å². The Hall–Kier alpha value is -1.39. The predicted molar refractivity (Wildman–Crippen MR) is 46.8 cm³/mol. The molecular weight excluding hydrogens is 191 g/mol. The Morgan fingerprint density at radius 1 is 1.50 bits per heavy atom. The largest absolute Gasteiger partial charge is 0.458 e. The predicted octanol–water partition coefficient (Wildman–Crippen LogP) is 1.70. The van der Waals surface area contributed by atoms with Crippen molar-refractivity contribution in [3.05, 3.63) is 12.2 Å². The molecule has 0 heterocycles. The summed E-state index contributed by atoms with van der Waals surface area (Å²) in [5.41, 5.74) is 0.233. The number of halogens is 1. The molecule has 0 spiro atoms. The summed E-state index contributed by atoms with van der Waals surface area (Å²) in [5.74, 6) is -1.64. The molecule has 0 aromatic rings. The number of esters is 1. The van der Waals surface area contributed by atoms with Gasteiger partial charge in [-0.1, -0.05) is 13.5 Å². The number of rotatable bonds is 5. The van der Waals surface area contributed by atoms with Gasteiger partial charge in [0.2, 0.25) is 0 Å². The maximum absolute atomic E-state index is 11.4. The Morgan fingerprint density at radius 3 is 2.43 bits per heavy atom. The fourth-order valence-corrected chi connectivity index (χ4v) is 0.739. The normalized spacial score (nSPS) is 11.6. The minimum absolute atomic E-state index is 0.233. The zero-order valence-electron chi connectivity index (χ0n) is 8.21. The lowest BCUT2D eigenvalue weighted by Crippen LogP contribution is -2.21. The zero-order chi connectivity index (χ0) is 11.1. The molecule has 0 aliphatic heterocycles. The second-order valence-corrected chi connectivity index (χ2v) is 2.87. The molecule has 0 aliphatic carbocycles. The van der Waals surface area contributed by atoms with Gasteiger partial charge in [-0.3, -0.25) is 4.94 Å². The average molecular weight is 204 g/mol. The Labute approximate surface area is 81.6 Å². The molecule has 0 aromatic carbocycles. The highest BCUT2D eigenvalue weighted by Gasteiger charge is 2.18. The van der Waals surface area contributed by atoms with E-state index in [4.69, 9.17) is 4.74 Å². The molecule has 1 atom stereocenters. The van der Waals surface area contributed by atoms with Gasteiger partial charge in [-0.05, 0) is 13.3 Å². The smallest absolute Gasteiger partial charge is 0.352 e. The van der Waals surface area contributed by atoms with E-state index in [1.165, 1.54) is 6.92 Å². The summed E-state index contributed by atoms with van der Waals surface area (Å²) in [6.07, 6.45) is -0.539. The summed E-state index contributed by atoms with van der Waals surface area (Å²) in [6, 6.07) is 0. The van der Waals surface area contributed by atoms with Crippen LogP contribution in [0.4, 0.5) is 4.53 Å².